The third-order valence-electron chi connectivity index (χ3n) is 4.55. The first kappa shape index (κ1) is 19.1. The molecule has 134 valence electrons. The highest BCUT2D eigenvalue weighted by atomic mass is 35.5. The lowest BCUT2D eigenvalue weighted by atomic mass is 10.00. The van der Waals surface area contributed by atoms with Crippen LogP contribution in [0.2, 0.25) is 0 Å². The number of carbonyl (C=O) groups is 1. The van der Waals surface area contributed by atoms with Crippen LogP contribution in [-0.4, -0.2) is 19.0 Å². The van der Waals surface area contributed by atoms with Crippen LogP contribution in [0, 0.1) is 0 Å². The van der Waals surface area contributed by atoms with E-state index in [1.54, 1.807) is 0 Å². The maximum atomic E-state index is 12.5. The van der Waals surface area contributed by atoms with Crippen LogP contribution in [0.3, 0.4) is 0 Å². The van der Waals surface area contributed by atoms with Crippen molar-refractivity contribution in [1.82, 2.24) is 0 Å². The van der Waals surface area contributed by atoms with Crippen molar-refractivity contribution in [3.05, 3.63) is 53.6 Å². The van der Waals surface area contributed by atoms with Crippen molar-refractivity contribution in [2.45, 2.75) is 32.6 Å². The summed E-state index contributed by atoms with van der Waals surface area (Å²) in [6.07, 6.45) is 2.01. The van der Waals surface area contributed by atoms with Crippen LogP contribution in [0.1, 0.15) is 37.3 Å². The number of hydrogen-bond donors (Lipinski definition) is 2. The van der Waals surface area contributed by atoms with Gasteiger partial charge in [0, 0.05) is 23.6 Å². The fraction of sp³-hybridized carbons (Fsp3) is 0.350. The van der Waals surface area contributed by atoms with Gasteiger partial charge in [-0.05, 0) is 54.2 Å². The van der Waals surface area contributed by atoms with E-state index < -0.39 is 0 Å². The minimum absolute atomic E-state index is 0. The normalized spacial score (nSPS) is 13.2. The predicted octanol–water partition coefficient (Wildman–Crippen LogP) is 4.21. The van der Waals surface area contributed by atoms with Crippen LogP contribution >= 0.6 is 12.4 Å². The summed E-state index contributed by atoms with van der Waals surface area (Å²) in [5, 5.41) is 3.02. The van der Waals surface area contributed by atoms with E-state index >= 15 is 0 Å². The number of hydrogen-bond acceptors (Lipinski definition) is 3. The molecule has 0 bridgehead atoms. The quantitative estimate of drug-likeness (QED) is 0.804. The summed E-state index contributed by atoms with van der Waals surface area (Å²) >= 11 is 0. The van der Waals surface area contributed by atoms with Gasteiger partial charge in [-0.1, -0.05) is 32.0 Å². The molecule has 3 rings (SSSR count). The average Bonchev–Trinajstić information content (AvgIpc) is 2.56. The fourth-order valence-corrected chi connectivity index (χ4v) is 3.24. The van der Waals surface area contributed by atoms with Crippen LogP contribution in [-0.2, 0) is 11.2 Å². The molecule has 0 saturated heterocycles. The van der Waals surface area contributed by atoms with Gasteiger partial charge >= 0.3 is 0 Å². The zero-order valence-electron chi connectivity index (χ0n) is 14.8. The second kappa shape index (κ2) is 8.26. The van der Waals surface area contributed by atoms with Crippen molar-refractivity contribution in [2.75, 3.05) is 29.0 Å². The van der Waals surface area contributed by atoms with Crippen molar-refractivity contribution >= 4 is 35.4 Å². The summed E-state index contributed by atoms with van der Waals surface area (Å²) in [6, 6.07) is 14.0. The summed E-state index contributed by atoms with van der Waals surface area (Å²) in [6.45, 7) is 5.53. The second-order valence-corrected chi connectivity index (χ2v) is 6.70. The largest absolute Gasteiger partial charge is 0.398 e. The molecule has 25 heavy (non-hydrogen) atoms. The molecule has 0 aromatic heterocycles. The van der Waals surface area contributed by atoms with E-state index in [4.69, 9.17) is 5.73 Å². The lowest BCUT2D eigenvalue weighted by Gasteiger charge is -2.31. The monoisotopic (exact) mass is 359 g/mol. The molecule has 5 heteroatoms. The Hall–Kier alpha value is -2.20. The van der Waals surface area contributed by atoms with Crippen molar-refractivity contribution in [2.24, 2.45) is 0 Å². The third kappa shape index (κ3) is 4.45. The molecule has 0 saturated carbocycles. The number of carbonyl (C=O) groups excluding carboxylic acids is 1. The van der Waals surface area contributed by atoms with E-state index in [-0.39, 0.29) is 18.3 Å². The van der Waals surface area contributed by atoms with Gasteiger partial charge in [-0.3, -0.25) is 4.79 Å². The molecule has 0 radical (unpaired) electrons. The molecule has 0 atom stereocenters. The number of nitrogen functional groups attached to an aromatic ring is 1. The lowest BCUT2D eigenvalue weighted by Crippen LogP contribution is -2.37. The number of amides is 1. The molecule has 0 fully saturated rings. The molecule has 2 aromatic rings. The Morgan fingerprint density at radius 1 is 1.24 bits per heavy atom. The van der Waals surface area contributed by atoms with Gasteiger partial charge in [-0.25, -0.2) is 0 Å². The van der Waals surface area contributed by atoms with Crippen LogP contribution < -0.4 is 16.0 Å². The van der Waals surface area contributed by atoms with Crippen LogP contribution in [0.4, 0.5) is 17.1 Å². The van der Waals surface area contributed by atoms with E-state index in [0.717, 1.165) is 36.4 Å². The summed E-state index contributed by atoms with van der Waals surface area (Å²) in [4.78, 5) is 14.6. The number of anilines is 3. The van der Waals surface area contributed by atoms with Gasteiger partial charge in [-0.2, -0.15) is 0 Å². The Morgan fingerprint density at radius 2 is 2.00 bits per heavy atom. The molecule has 0 unspecified atom stereocenters. The van der Waals surface area contributed by atoms with Crippen LogP contribution in [0.5, 0.6) is 0 Å². The second-order valence-electron chi connectivity index (χ2n) is 6.70. The van der Waals surface area contributed by atoms with Crippen molar-refractivity contribution in [3.8, 4) is 0 Å². The standard InChI is InChI=1S/C20H25N3O.ClH/c1-14(2)15-6-3-7-16(12-15)22-20(24)13-23-11-5-8-17-18(21)9-4-10-19(17)23;/h3-4,6-7,9-10,12,14H,5,8,11,13,21H2,1-2H3,(H,22,24);1H. The smallest absolute Gasteiger partial charge is 0.243 e. The van der Waals surface area contributed by atoms with Gasteiger partial charge in [0.1, 0.15) is 0 Å². The van der Waals surface area contributed by atoms with Gasteiger partial charge in [-0.15, -0.1) is 12.4 Å². The molecule has 1 aliphatic heterocycles. The molecule has 2 aromatic carbocycles. The molecule has 0 aliphatic carbocycles. The Morgan fingerprint density at radius 3 is 2.76 bits per heavy atom. The summed E-state index contributed by atoms with van der Waals surface area (Å²) in [5.41, 5.74) is 11.2. The van der Waals surface area contributed by atoms with E-state index in [2.05, 4.69) is 36.2 Å². The minimum atomic E-state index is 0. The van der Waals surface area contributed by atoms with E-state index in [1.807, 2.05) is 30.3 Å². The molecule has 1 heterocycles. The number of nitrogens with two attached hydrogens (primary N) is 1. The Labute approximate surface area is 155 Å². The molecule has 4 nitrogen and oxygen atoms in total. The first-order valence-corrected chi connectivity index (χ1v) is 8.56. The Bertz CT molecular complexity index is 745. The maximum Gasteiger partial charge on any atom is 0.243 e. The molecular formula is C20H26ClN3O. The highest BCUT2D eigenvalue weighted by molar-refractivity contribution is 5.94. The van der Waals surface area contributed by atoms with E-state index in [9.17, 15) is 4.79 Å². The van der Waals surface area contributed by atoms with Gasteiger partial charge in [0.25, 0.3) is 0 Å². The molecular weight excluding hydrogens is 334 g/mol. The minimum Gasteiger partial charge on any atom is -0.398 e. The average molecular weight is 360 g/mol. The van der Waals surface area contributed by atoms with Crippen LogP contribution in [0.25, 0.3) is 0 Å². The third-order valence-corrected chi connectivity index (χ3v) is 4.55. The number of benzene rings is 2. The topological polar surface area (TPSA) is 58.4 Å². The highest BCUT2D eigenvalue weighted by Crippen LogP contribution is 2.31. The maximum absolute atomic E-state index is 12.5. The number of nitrogens with zero attached hydrogens (tertiary/aromatic N) is 1. The Kier molecular flexibility index (Phi) is 6.32. The van der Waals surface area contributed by atoms with Gasteiger partial charge < -0.3 is 16.0 Å². The molecule has 0 spiro atoms. The van der Waals surface area contributed by atoms with Gasteiger partial charge in [0.2, 0.25) is 5.91 Å². The predicted molar refractivity (Wildman–Crippen MR) is 108 cm³/mol. The first-order valence-electron chi connectivity index (χ1n) is 8.56. The SMILES string of the molecule is CC(C)c1cccc(NC(=O)CN2CCCc3c(N)cccc32)c1.Cl. The zero-order chi connectivity index (χ0) is 17.1. The highest BCUT2D eigenvalue weighted by Gasteiger charge is 2.20. The van der Waals surface area contributed by atoms with E-state index in [0.29, 0.717) is 12.5 Å². The Balaban J connectivity index is 0.00000225. The van der Waals surface area contributed by atoms with Gasteiger partial charge in [0.05, 0.1) is 6.54 Å². The molecule has 1 amide bonds. The summed E-state index contributed by atoms with van der Waals surface area (Å²) in [5.74, 6) is 0.449. The van der Waals surface area contributed by atoms with Crippen molar-refractivity contribution in [1.29, 1.82) is 0 Å². The van der Waals surface area contributed by atoms with E-state index in [1.165, 1.54) is 11.1 Å². The van der Waals surface area contributed by atoms with Gasteiger partial charge in [0.15, 0.2) is 0 Å². The molecule has 3 N–H and O–H groups in total. The van der Waals surface area contributed by atoms with Crippen LogP contribution in [0.15, 0.2) is 42.5 Å². The number of halogens is 1. The van der Waals surface area contributed by atoms with Crippen molar-refractivity contribution < 1.29 is 4.79 Å². The number of rotatable bonds is 4. The number of fused-ring (bicyclic) bond motifs is 1. The summed E-state index contributed by atoms with van der Waals surface area (Å²) in [7, 11) is 0. The summed E-state index contributed by atoms with van der Waals surface area (Å²) < 4.78 is 0. The zero-order valence-corrected chi connectivity index (χ0v) is 15.6. The van der Waals surface area contributed by atoms with Crippen molar-refractivity contribution in [3.63, 3.8) is 0 Å². The first-order chi connectivity index (χ1) is 11.5. The lowest BCUT2D eigenvalue weighted by molar-refractivity contribution is -0.115. The fourth-order valence-electron chi connectivity index (χ4n) is 3.24. The molecule has 1 aliphatic rings. The number of nitrogens with one attached hydrogen (secondary N) is 1.